The van der Waals surface area contributed by atoms with E-state index in [9.17, 15) is 13.6 Å². The van der Waals surface area contributed by atoms with E-state index in [0.717, 1.165) is 24.3 Å². The van der Waals surface area contributed by atoms with Gasteiger partial charge in [-0.25, -0.2) is 13.6 Å². The number of rotatable bonds is 4. The van der Waals surface area contributed by atoms with Gasteiger partial charge < -0.3 is 9.84 Å². The van der Waals surface area contributed by atoms with Crippen LogP contribution in [0, 0.1) is 11.6 Å². The SMILES string of the molecule is O=C(O)/C=C/c1cc(F)cc(Oc2ccc(Cl)c(F)c2)c1. The van der Waals surface area contributed by atoms with Crippen LogP contribution in [0.3, 0.4) is 0 Å². The second-order valence-electron chi connectivity index (χ2n) is 4.07. The van der Waals surface area contributed by atoms with E-state index in [1.165, 1.54) is 24.3 Å². The Morgan fingerprint density at radius 2 is 1.90 bits per heavy atom. The summed E-state index contributed by atoms with van der Waals surface area (Å²) >= 11 is 5.55. The molecule has 108 valence electrons. The highest BCUT2D eigenvalue weighted by Gasteiger charge is 2.05. The Bertz CT molecular complexity index is 714. The largest absolute Gasteiger partial charge is 0.478 e. The van der Waals surface area contributed by atoms with E-state index in [1.807, 2.05) is 0 Å². The first-order chi connectivity index (χ1) is 9.94. The Labute approximate surface area is 124 Å². The van der Waals surface area contributed by atoms with Crippen molar-refractivity contribution in [3.05, 3.63) is 64.7 Å². The number of hydrogen-bond acceptors (Lipinski definition) is 2. The molecule has 0 heterocycles. The molecule has 2 aromatic carbocycles. The van der Waals surface area contributed by atoms with Crippen LogP contribution in [0.15, 0.2) is 42.5 Å². The molecule has 3 nitrogen and oxygen atoms in total. The quantitative estimate of drug-likeness (QED) is 0.845. The second-order valence-corrected chi connectivity index (χ2v) is 4.48. The van der Waals surface area contributed by atoms with E-state index in [-0.39, 0.29) is 16.5 Å². The lowest BCUT2D eigenvalue weighted by Gasteiger charge is -2.07. The van der Waals surface area contributed by atoms with Gasteiger partial charge >= 0.3 is 5.97 Å². The molecule has 6 heteroatoms. The smallest absolute Gasteiger partial charge is 0.328 e. The lowest BCUT2D eigenvalue weighted by atomic mass is 10.2. The van der Waals surface area contributed by atoms with Gasteiger partial charge in [-0.15, -0.1) is 0 Å². The number of hydrogen-bond donors (Lipinski definition) is 1. The molecule has 0 aromatic heterocycles. The molecule has 0 bridgehead atoms. The molecule has 0 aliphatic rings. The Hall–Kier alpha value is -2.40. The number of carboxylic acids is 1. The van der Waals surface area contributed by atoms with Gasteiger partial charge in [0.15, 0.2) is 0 Å². The fraction of sp³-hybridized carbons (Fsp3) is 0. The third-order valence-corrected chi connectivity index (χ3v) is 2.75. The van der Waals surface area contributed by atoms with Crippen molar-refractivity contribution in [3.8, 4) is 11.5 Å². The molecule has 0 unspecified atom stereocenters. The van der Waals surface area contributed by atoms with Crippen LogP contribution in [0.5, 0.6) is 11.5 Å². The van der Waals surface area contributed by atoms with Gasteiger partial charge in [0.1, 0.15) is 23.1 Å². The van der Waals surface area contributed by atoms with Crippen molar-refractivity contribution in [2.24, 2.45) is 0 Å². The minimum atomic E-state index is -1.15. The minimum Gasteiger partial charge on any atom is -0.478 e. The third kappa shape index (κ3) is 4.29. The lowest BCUT2D eigenvalue weighted by molar-refractivity contribution is -0.131. The first-order valence-corrected chi connectivity index (χ1v) is 6.16. The van der Waals surface area contributed by atoms with E-state index >= 15 is 0 Å². The van der Waals surface area contributed by atoms with E-state index in [4.69, 9.17) is 21.4 Å². The molecule has 0 fully saturated rings. The maximum Gasteiger partial charge on any atom is 0.328 e. The molecule has 0 aliphatic heterocycles. The van der Waals surface area contributed by atoms with Crippen LogP contribution in [0.4, 0.5) is 8.78 Å². The zero-order valence-electron chi connectivity index (χ0n) is 10.5. The Morgan fingerprint density at radius 3 is 2.57 bits per heavy atom. The fourth-order valence-corrected chi connectivity index (χ4v) is 1.70. The molecule has 0 spiro atoms. The normalized spacial score (nSPS) is 10.8. The first-order valence-electron chi connectivity index (χ1n) is 5.78. The van der Waals surface area contributed by atoms with Gasteiger partial charge in [-0.05, 0) is 35.9 Å². The lowest BCUT2D eigenvalue weighted by Crippen LogP contribution is -1.89. The summed E-state index contributed by atoms with van der Waals surface area (Å²) in [6, 6.07) is 7.49. The number of carboxylic acid groups (broad SMARTS) is 1. The van der Waals surface area contributed by atoms with Crippen molar-refractivity contribution in [3.63, 3.8) is 0 Å². The van der Waals surface area contributed by atoms with Crippen molar-refractivity contribution < 1.29 is 23.4 Å². The third-order valence-electron chi connectivity index (χ3n) is 2.44. The summed E-state index contributed by atoms with van der Waals surface area (Å²) < 4.78 is 32.1. The molecule has 2 aromatic rings. The van der Waals surface area contributed by atoms with Crippen LogP contribution >= 0.6 is 11.6 Å². The van der Waals surface area contributed by atoms with Gasteiger partial charge in [-0.3, -0.25) is 0 Å². The van der Waals surface area contributed by atoms with Crippen molar-refractivity contribution in [2.75, 3.05) is 0 Å². The molecule has 21 heavy (non-hydrogen) atoms. The Balaban J connectivity index is 2.27. The van der Waals surface area contributed by atoms with Crippen LogP contribution in [-0.2, 0) is 4.79 Å². The standard InChI is InChI=1S/C15H9ClF2O3/c16-13-3-2-11(8-14(13)18)21-12-6-9(1-4-15(19)20)5-10(17)7-12/h1-8H,(H,19,20)/b4-1+. The van der Waals surface area contributed by atoms with Gasteiger partial charge in [0, 0.05) is 18.2 Å². The van der Waals surface area contributed by atoms with E-state index in [0.29, 0.717) is 5.56 Å². The Morgan fingerprint density at radius 1 is 1.14 bits per heavy atom. The summed E-state index contributed by atoms with van der Waals surface area (Å²) in [5.41, 5.74) is 0.307. The highest BCUT2D eigenvalue weighted by molar-refractivity contribution is 6.30. The molecular weight excluding hydrogens is 302 g/mol. The van der Waals surface area contributed by atoms with Crippen LogP contribution in [0.2, 0.25) is 5.02 Å². The van der Waals surface area contributed by atoms with E-state index in [2.05, 4.69) is 0 Å². The minimum absolute atomic E-state index is 0.0494. The maximum absolute atomic E-state index is 13.4. The predicted octanol–water partition coefficient (Wildman–Crippen LogP) is 4.51. The summed E-state index contributed by atoms with van der Waals surface area (Å²) in [7, 11) is 0. The highest BCUT2D eigenvalue weighted by atomic mass is 35.5. The van der Waals surface area contributed by atoms with Crippen molar-refractivity contribution in [1.82, 2.24) is 0 Å². The number of ether oxygens (including phenoxy) is 1. The van der Waals surface area contributed by atoms with Crippen molar-refractivity contribution in [1.29, 1.82) is 0 Å². The first kappa shape index (κ1) is 15.0. The fourth-order valence-electron chi connectivity index (χ4n) is 1.58. The summed E-state index contributed by atoms with van der Waals surface area (Å²) in [6.45, 7) is 0. The molecule has 0 radical (unpaired) electrons. The molecule has 2 rings (SSSR count). The molecule has 1 N–H and O–H groups in total. The number of halogens is 3. The molecule has 0 amide bonds. The molecule has 0 saturated heterocycles. The highest BCUT2D eigenvalue weighted by Crippen LogP contribution is 2.27. The Kier molecular flexibility index (Phi) is 4.55. The molecule has 0 atom stereocenters. The topological polar surface area (TPSA) is 46.5 Å². The summed E-state index contributed by atoms with van der Waals surface area (Å²) in [4.78, 5) is 10.4. The number of carbonyl (C=O) groups is 1. The molecular formula is C15H9ClF2O3. The summed E-state index contributed by atoms with van der Waals surface area (Å²) in [6.07, 6.45) is 2.10. The van der Waals surface area contributed by atoms with Gasteiger partial charge in [-0.1, -0.05) is 11.6 Å². The van der Waals surface area contributed by atoms with Gasteiger partial charge in [0.2, 0.25) is 0 Å². The molecule has 0 saturated carbocycles. The van der Waals surface area contributed by atoms with Crippen molar-refractivity contribution >= 4 is 23.6 Å². The van der Waals surface area contributed by atoms with Crippen molar-refractivity contribution in [2.45, 2.75) is 0 Å². The zero-order valence-corrected chi connectivity index (χ0v) is 11.3. The predicted molar refractivity (Wildman–Crippen MR) is 74.6 cm³/mol. The van der Waals surface area contributed by atoms with Crippen LogP contribution in [-0.4, -0.2) is 11.1 Å². The van der Waals surface area contributed by atoms with Crippen LogP contribution in [0.1, 0.15) is 5.56 Å². The average Bonchev–Trinajstić information content (AvgIpc) is 2.40. The van der Waals surface area contributed by atoms with Gasteiger partial charge in [0.05, 0.1) is 5.02 Å². The molecule has 0 aliphatic carbocycles. The zero-order chi connectivity index (χ0) is 15.4. The summed E-state index contributed by atoms with van der Waals surface area (Å²) in [5.74, 6) is -2.15. The number of aliphatic carboxylic acids is 1. The van der Waals surface area contributed by atoms with Gasteiger partial charge in [0.25, 0.3) is 0 Å². The second kappa shape index (κ2) is 6.37. The maximum atomic E-state index is 13.4. The van der Waals surface area contributed by atoms with Crippen LogP contribution in [0.25, 0.3) is 6.08 Å². The van der Waals surface area contributed by atoms with Crippen LogP contribution < -0.4 is 4.74 Å². The summed E-state index contributed by atoms with van der Waals surface area (Å²) in [5, 5.41) is 8.49. The van der Waals surface area contributed by atoms with E-state index < -0.39 is 17.6 Å². The number of benzene rings is 2. The monoisotopic (exact) mass is 310 g/mol. The van der Waals surface area contributed by atoms with Gasteiger partial charge in [-0.2, -0.15) is 0 Å². The van der Waals surface area contributed by atoms with E-state index in [1.54, 1.807) is 0 Å². The average molecular weight is 311 g/mol.